The van der Waals surface area contributed by atoms with Crippen molar-refractivity contribution in [1.29, 1.82) is 0 Å². The minimum Gasteiger partial charge on any atom is -0.493 e. The van der Waals surface area contributed by atoms with Crippen LogP contribution in [0.1, 0.15) is 32.3 Å². The molecule has 1 aliphatic rings. The lowest BCUT2D eigenvalue weighted by atomic mass is 9.85. The summed E-state index contributed by atoms with van der Waals surface area (Å²) in [4.78, 5) is 0. The molecule has 2 rings (SSSR count). The zero-order valence-corrected chi connectivity index (χ0v) is 12.0. The normalized spacial score (nSPS) is 16.0. The second kappa shape index (κ2) is 4.99. The van der Waals surface area contributed by atoms with Crippen LogP contribution in [-0.2, 0) is 5.41 Å². The van der Waals surface area contributed by atoms with E-state index in [1.807, 2.05) is 32.0 Å². The van der Waals surface area contributed by atoms with Crippen LogP contribution < -0.4 is 4.74 Å². The molecule has 1 aromatic rings. The molecule has 0 aliphatic heterocycles. The van der Waals surface area contributed by atoms with Gasteiger partial charge in [-0.2, -0.15) is 0 Å². The Morgan fingerprint density at radius 2 is 2.12 bits per heavy atom. The summed E-state index contributed by atoms with van der Waals surface area (Å²) in [7, 11) is 0. The Bertz CT molecular complexity index is 397. The molecule has 1 saturated carbocycles. The maximum absolute atomic E-state index is 9.48. The molecule has 17 heavy (non-hydrogen) atoms. The fourth-order valence-electron chi connectivity index (χ4n) is 1.73. The SMILES string of the molecule is CC(C)(CO)c1cc(Br)ccc1OCC1CC1. The van der Waals surface area contributed by atoms with E-state index >= 15 is 0 Å². The largest absolute Gasteiger partial charge is 0.493 e. The Kier molecular flexibility index (Phi) is 3.79. The molecule has 0 unspecified atom stereocenters. The van der Waals surface area contributed by atoms with Crippen LogP contribution in [0, 0.1) is 5.92 Å². The van der Waals surface area contributed by atoms with E-state index in [1.54, 1.807) is 0 Å². The molecule has 94 valence electrons. The van der Waals surface area contributed by atoms with E-state index in [0.717, 1.165) is 28.3 Å². The standard InChI is InChI=1S/C14H19BrO2/c1-14(2,9-16)12-7-11(15)5-6-13(12)17-8-10-3-4-10/h5-7,10,16H,3-4,8-9H2,1-2H3. The van der Waals surface area contributed by atoms with Crippen molar-refractivity contribution in [3.05, 3.63) is 28.2 Å². The molecule has 0 heterocycles. The van der Waals surface area contributed by atoms with Crippen LogP contribution in [0.5, 0.6) is 5.75 Å². The molecule has 1 aromatic carbocycles. The fourth-order valence-corrected chi connectivity index (χ4v) is 2.10. The van der Waals surface area contributed by atoms with Gasteiger partial charge in [0.15, 0.2) is 0 Å². The molecule has 3 heteroatoms. The number of hydrogen-bond donors (Lipinski definition) is 1. The number of ether oxygens (including phenoxy) is 1. The van der Waals surface area contributed by atoms with Crippen LogP contribution in [0.2, 0.25) is 0 Å². The third-order valence-corrected chi connectivity index (χ3v) is 3.73. The van der Waals surface area contributed by atoms with Crippen molar-refractivity contribution in [2.24, 2.45) is 5.92 Å². The zero-order valence-electron chi connectivity index (χ0n) is 10.4. The maximum Gasteiger partial charge on any atom is 0.123 e. The van der Waals surface area contributed by atoms with Crippen LogP contribution in [0.25, 0.3) is 0 Å². The average molecular weight is 299 g/mol. The third-order valence-electron chi connectivity index (χ3n) is 3.24. The average Bonchev–Trinajstić information content (AvgIpc) is 3.11. The molecule has 0 atom stereocenters. The highest BCUT2D eigenvalue weighted by atomic mass is 79.9. The predicted molar refractivity (Wildman–Crippen MR) is 72.5 cm³/mol. The Morgan fingerprint density at radius 1 is 1.41 bits per heavy atom. The fraction of sp³-hybridized carbons (Fsp3) is 0.571. The van der Waals surface area contributed by atoms with Gasteiger partial charge in [0.2, 0.25) is 0 Å². The van der Waals surface area contributed by atoms with Gasteiger partial charge in [-0.1, -0.05) is 29.8 Å². The van der Waals surface area contributed by atoms with E-state index in [0.29, 0.717) is 0 Å². The van der Waals surface area contributed by atoms with E-state index in [4.69, 9.17) is 4.74 Å². The molecule has 1 fully saturated rings. The van der Waals surface area contributed by atoms with Crippen LogP contribution in [-0.4, -0.2) is 18.3 Å². The topological polar surface area (TPSA) is 29.5 Å². The van der Waals surface area contributed by atoms with Crippen molar-refractivity contribution in [2.75, 3.05) is 13.2 Å². The summed E-state index contributed by atoms with van der Waals surface area (Å²) in [6.45, 7) is 4.97. The lowest BCUT2D eigenvalue weighted by Gasteiger charge is -2.25. The Morgan fingerprint density at radius 3 is 2.71 bits per heavy atom. The molecule has 0 bridgehead atoms. The molecular weight excluding hydrogens is 280 g/mol. The van der Waals surface area contributed by atoms with Gasteiger partial charge in [0.25, 0.3) is 0 Å². The summed E-state index contributed by atoms with van der Waals surface area (Å²) in [6, 6.07) is 6.01. The molecule has 2 nitrogen and oxygen atoms in total. The van der Waals surface area contributed by atoms with Gasteiger partial charge in [0.05, 0.1) is 13.2 Å². The van der Waals surface area contributed by atoms with E-state index in [-0.39, 0.29) is 12.0 Å². The first kappa shape index (κ1) is 12.9. The quantitative estimate of drug-likeness (QED) is 0.901. The minimum absolute atomic E-state index is 0.114. The van der Waals surface area contributed by atoms with Gasteiger partial charge in [-0.3, -0.25) is 0 Å². The molecule has 0 amide bonds. The summed E-state index contributed by atoms with van der Waals surface area (Å²) in [6.07, 6.45) is 2.57. The highest BCUT2D eigenvalue weighted by molar-refractivity contribution is 9.10. The van der Waals surface area contributed by atoms with Crippen molar-refractivity contribution in [2.45, 2.75) is 32.1 Å². The van der Waals surface area contributed by atoms with Crippen molar-refractivity contribution >= 4 is 15.9 Å². The highest BCUT2D eigenvalue weighted by Gasteiger charge is 2.26. The van der Waals surface area contributed by atoms with Gasteiger partial charge in [-0.15, -0.1) is 0 Å². The van der Waals surface area contributed by atoms with Gasteiger partial charge < -0.3 is 9.84 Å². The molecule has 0 spiro atoms. The van der Waals surface area contributed by atoms with Gasteiger partial charge >= 0.3 is 0 Å². The first-order valence-electron chi connectivity index (χ1n) is 6.06. The Labute approximate surface area is 111 Å². The highest BCUT2D eigenvalue weighted by Crippen LogP contribution is 2.36. The second-order valence-corrected chi connectivity index (χ2v) is 6.35. The van der Waals surface area contributed by atoms with Crippen molar-refractivity contribution < 1.29 is 9.84 Å². The van der Waals surface area contributed by atoms with Gasteiger partial charge in [-0.25, -0.2) is 0 Å². The van der Waals surface area contributed by atoms with Crippen molar-refractivity contribution in [3.63, 3.8) is 0 Å². The monoisotopic (exact) mass is 298 g/mol. The Balaban J connectivity index is 2.22. The van der Waals surface area contributed by atoms with Crippen molar-refractivity contribution in [3.8, 4) is 5.75 Å². The first-order valence-corrected chi connectivity index (χ1v) is 6.86. The summed E-state index contributed by atoms with van der Waals surface area (Å²) in [5, 5.41) is 9.48. The number of benzene rings is 1. The number of aliphatic hydroxyl groups is 1. The summed E-state index contributed by atoms with van der Waals surface area (Å²) in [5.41, 5.74) is 0.790. The molecule has 0 radical (unpaired) electrons. The third kappa shape index (κ3) is 3.23. The number of rotatable bonds is 5. The first-order chi connectivity index (χ1) is 8.03. The summed E-state index contributed by atoms with van der Waals surface area (Å²) in [5.74, 6) is 1.64. The minimum atomic E-state index is -0.275. The van der Waals surface area contributed by atoms with E-state index in [1.165, 1.54) is 12.8 Å². The van der Waals surface area contributed by atoms with Gasteiger partial charge in [-0.05, 0) is 37.0 Å². The number of halogens is 1. The predicted octanol–water partition coefficient (Wildman–Crippen LogP) is 3.51. The summed E-state index contributed by atoms with van der Waals surface area (Å²) < 4.78 is 6.89. The lowest BCUT2D eigenvalue weighted by Crippen LogP contribution is -2.23. The van der Waals surface area contributed by atoms with Crippen LogP contribution in [0.15, 0.2) is 22.7 Å². The molecule has 0 saturated heterocycles. The Hall–Kier alpha value is -0.540. The maximum atomic E-state index is 9.48. The van der Waals surface area contributed by atoms with Gasteiger partial charge in [0, 0.05) is 15.5 Å². The van der Waals surface area contributed by atoms with E-state index in [9.17, 15) is 5.11 Å². The van der Waals surface area contributed by atoms with Gasteiger partial charge in [0.1, 0.15) is 5.75 Å². The summed E-state index contributed by atoms with van der Waals surface area (Å²) >= 11 is 3.47. The van der Waals surface area contributed by atoms with Crippen LogP contribution in [0.4, 0.5) is 0 Å². The molecule has 0 aromatic heterocycles. The lowest BCUT2D eigenvalue weighted by molar-refractivity contribution is 0.211. The van der Waals surface area contributed by atoms with E-state index in [2.05, 4.69) is 15.9 Å². The second-order valence-electron chi connectivity index (χ2n) is 5.44. The van der Waals surface area contributed by atoms with Crippen LogP contribution in [0.3, 0.4) is 0 Å². The van der Waals surface area contributed by atoms with Crippen LogP contribution >= 0.6 is 15.9 Å². The van der Waals surface area contributed by atoms with E-state index < -0.39 is 0 Å². The number of aliphatic hydroxyl groups excluding tert-OH is 1. The molecule has 1 N–H and O–H groups in total. The smallest absolute Gasteiger partial charge is 0.123 e. The number of hydrogen-bond acceptors (Lipinski definition) is 2. The van der Waals surface area contributed by atoms with Crippen molar-refractivity contribution in [1.82, 2.24) is 0 Å². The zero-order chi connectivity index (χ0) is 12.5. The molecular formula is C14H19BrO2. The molecule has 1 aliphatic carbocycles.